The number of anilines is 1. The van der Waals surface area contributed by atoms with Gasteiger partial charge < -0.3 is 14.6 Å². The molecule has 1 N–H and O–H groups in total. The number of furan rings is 1. The van der Waals surface area contributed by atoms with Crippen molar-refractivity contribution >= 4 is 33.4 Å². The van der Waals surface area contributed by atoms with Crippen LogP contribution in [0.5, 0.6) is 0 Å². The molecule has 1 aliphatic heterocycles. The molecular weight excluding hydrogens is 348 g/mol. The number of amides is 2. The van der Waals surface area contributed by atoms with E-state index in [2.05, 4.69) is 21.2 Å². The Balaban J connectivity index is 1.61. The maximum absolute atomic E-state index is 12.3. The fourth-order valence-corrected chi connectivity index (χ4v) is 2.90. The maximum atomic E-state index is 12.3. The van der Waals surface area contributed by atoms with Gasteiger partial charge in [-0.25, -0.2) is 0 Å². The van der Waals surface area contributed by atoms with E-state index in [1.165, 1.54) is 0 Å². The van der Waals surface area contributed by atoms with Crippen LogP contribution in [0.25, 0.3) is 0 Å². The molecule has 2 aromatic rings. The molecule has 22 heavy (non-hydrogen) atoms. The lowest BCUT2D eigenvalue weighted by Gasteiger charge is -2.15. The van der Waals surface area contributed by atoms with Gasteiger partial charge in [0.2, 0.25) is 11.8 Å². The highest BCUT2D eigenvalue weighted by Gasteiger charge is 2.34. The Morgan fingerprint density at radius 3 is 2.95 bits per heavy atom. The lowest BCUT2D eigenvalue weighted by molar-refractivity contribution is -0.128. The topological polar surface area (TPSA) is 62.6 Å². The highest BCUT2D eigenvalue weighted by molar-refractivity contribution is 9.10. The van der Waals surface area contributed by atoms with Gasteiger partial charge >= 0.3 is 0 Å². The summed E-state index contributed by atoms with van der Waals surface area (Å²) >= 11 is 3.36. The summed E-state index contributed by atoms with van der Waals surface area (Å²) in [6.07, 6.45) is 1.81. The molecular formula is C16H15BrN2O3. The zero-order valence-corrected chi connectivity index (χ0v) is 13.4. The van der Waals surface area contributed by atoms with Crippen molar-refractivity contribution < 1.29 is 14.0 Å². The fourth-order valence-electron chi connectivity index (χ4n) is 2.50. The number of likely N-dealkylation sites (tertiary alicyclic amines) is 1. The second-order valence-electron chi connectivity index (χ2n) is 5.25. The lowest BCUT2D eigenvalue weighted by Crippen LogP contribution is -2.27. The van der Waals surface area contributed by atoms with E-state index in [9.17, 15) is 9.59 Å². The van der Waals surface area contributed by atoms with Crippen LogP contribution in [0.3, 0.4) is 0 Å². The second-order valence-corrected chi connectivity index (χ2v) is 6.17. The normalized spacial score (nSPS) is 17.8. The van der Waals surface area contributed by atoms with E-state index in [1.807, 2.05) is 30.3 Å². The molecule has 114 valence electrons. The number of halogens is 1. The first-order chi connectivity index (χ1) is 10.6. The van der Waals surface area contributed by atoms with Crippen molar-refractivity contribution in [3.8, 4) is 0 Å². The highest BCUT2D eigenvalue weighted by atomic mass is 79.9. The van der Waals surface area contributed by atoms with Gasteiger partial charge in [0.25, 0.3) is 0 Å². The molecule has 1 saturated heterocycles. The zero-order valence-electron chi connectivity index (χ0n) is 11.8. The van der Waals surface area contributed by atoms with Gasteiger partial charge in [0.15, 0.2) is 0 Å². The summed E-state index contributed by atoms with van der Waals surface area (Å²) in [4.78, 5) is 26.0. The monoisotopic (exact) mass is 362 g/mol. The summed E-state index contributed by atoms with van der Waals surface area (Å²) < 4.78 is 6.14. The van der Waals surface area contributed by atoms with Crippen LogP contribution < -0.4 is 5.32 Å². The molecule has 1 fully saturated rings. The van der Waals surface area contributed by atoms with E-state index in [1.54, 1.807) is 17.2 Å². The maximum Gasteiger partial charge on any atom is 0.229 e. The van der Waals surface area contributed by atoms with Gasteiger partial charge in [-0.3, -0.25) is 9.59 Å². The molecule has 2 heterocycles. The Hall–Kier alpha value is -2.08. The van der Waals surface area contributed by atoms with Gasteiger partial charge in [-0.2, -0.15) is 0 Å². The molecule has 0 spiro atoms. The average molecular weight is 363 g/mol. The zero-order chi connectivity index (χ0) is 15.5. The summed E-state index contributed by atoms with van der Waals surface area (Å²) in [5, 5.41) is 2.85. The molecule has 1 atom stereocenters. The number of benzene rings is 1. The van der Waals surface area contributed by atoms with E-state index in [4.69, 9.17) is 4.42 Å². The van der Waals surface area contributed by atoms with Crippen LogP contribution in [0.4, 0.5) is 5.69 Å². The highest BCUT2D eigenvalue weighted by Crippen LogP contribution is 2.23. The number of nitrogens with one attached hydrogen (secondary N) is 1. The molecule has 3 rings (SSSR count). The van der Waals surface area contributed by atoms with Crippen molar-refractivity contribution in [2.45, 2.75) is 13.0 Å². The van der Waals surface area contributed by atoms with Crippen molar-refractivity contribution in [1.29, 1.82) is 0 Å². The van der Waals surface area contributed by atoms with Crippen LogP contribution in [0.2, 0.25) is 0 Å². The number of carbonyl (C=O) groups excluding carboxylic acids is 2. The average Bonchev–Trinajstić information content (AvgIpc) is 3.10. The third kappa shape index (κ3) is 3.39. The van der Waals surface area contributed by atoms with Crippen LogP contribution in [-0.2, 0) is 16.1 Å². The molecule has 1 aromatic heterocycles. The molecule has 2 amide bonds. The van der Waals surface area contributed by atoms with E-state index >= 15 is 0 Å². The van der Waals surface area contributed by atoms with E-state index in [0.29, 0.717) is 13.1 Å². The van der Waals surface area contributed by atoms with Crippen LogP contribution in [0, 0.1) is 5.92 Å². The first-order valence-electron chi connectivity index (χ1n) is 6.98. The minimum Gasteiger partial charge on any atom is -0.467 e. The Labute approximate surface area is 136 Å². The summed E-state index contributed by atoms with van der Waals surface area (Å²) in [6, 6.07) is 11.0. The van der Waals surface area contributed by atoms with Crippen LogP contribution in [0.15, 0.2) is 51.6 Å². The summed E-state index contributed by atoms with van der Waals surface area (Å²) in [7, 11) is 0. The number of hydrogen-bond acceptors (Lipinski definition) is 3. The largest absolute Gasteiger partial charge is 0.467 e. The minimum atomic E-state index is -0.332. The third-order valence-electron chi connectivity index (χ3n) is 3.60. The van der Waals surface area contributed by atoms with Crippen molar-refractivity contribution in [3.05, 3.63) is 52.9 Å². The molecule has 0 unspecified atom stereocenters. The predicted octanol–water partition coefficient (Wildman–Crippen LogP) is 3.03. The van der Waals surface area contributed by atoms with Crippen LogP contribution in [0.1, 0.15) is 12.2 Å². The Kier molecular flexibility index (Phi) is 4.29. The van der Waals surface area contributed by atoms with Crippen molar-refractivity contribution in [1.82, 2.24) is 4.90 Å². The standard InChI is InChI=1S/C16H15BrN2O3/c17-12-3-1-4-13(8-12)18-16(21)11-7-15(20)19(9-11)10-14-5-2-6-22-14/h1-6,8,11H,7,9-10H2,(H,18,21)/t11-/m0/s1. The molecule has 0 aliphatic carbocycles. The SMILES string of the molecule is O=C(Nc1cccc(Br)c1)[C@H]1CC(=O)N(Cc2ccco2)C1. The van der Waals surface area contributed by atoms with Gasteiger partial charge in [0.1, 0.15) is 5.76 Å². The molecule has 1 aromatic carbocycles. The van der Waals surface area contributed by atoms with E-state index in [-0.39, 0.29) is 24.2 Å². The van der Waals surface area contributed by atoms with Crippen molar-refractivity contribution in [3.63, 3.8) is 0 Å². The third-order valence-corrected chi connectivity index (χ3v) is 4.10. The van der Waals surface area contributed by atoms with Gasteiger partial charge in [-0.1, -0.05) is 22.0 Å². The number of hydrogen-bond donors (Lipinski definition) is 1. The number of nitrogens with zero attached hydrogens (tertiary/aromatic N) is 1. The summed E-state index contributed by atoms with van der Waals surface area (Å²) in [5.41, 5.74) is 0.719. The minimum absolute atomic E-state index is 0.0224. The smallest absolute Gasteiger partial charge is 0.229 e. The summed E-state index contributed by atoms with van der Waals surface area (Å²) in [6.45, 7) is 0.825. The quantitative estimate of drug-likeness (QED) is 0.908. The first-order valence-corrected chi connectivity index (χ1v) is 7.78. The number of rotatable bonds is 4. The Morgan fingerprint density at radius 1 is 1.36 bits per heavy atom. The molecule has 0 saturated carbocycles. The van der Waals surface area contributed by atoms with Crippen molar-refractivity contribution in [2.24, 2.45) is 5.92 Å². The van der Waals surface area contributed by atoms with Gasteiger partial charge in [0, 0.05) is 23.1 Å². The lowest BCUT2D eigenvalue weighted by atomic mass is 10.1. The second kappa shape index (κ2) is 6.36. The van der Waals surface area contributed by atoms with E-state index in [0.717, 1.165) is 15.9 Å². The number of carbonyl (C=O) groups is 2. The van der Waals surface area contributed by atoms with Gasteiger partial charge in [-0.15, -0.1) is 0 Å². The van der Waals surface area contributed by atoms with Gasteiger partial charge in [0.05, 0.1) is 18.7 Å². The van der Waals surface area contributed by atoms with Crippen molar-refractivity contribution in [2.75, 3.05) is 11.9 Å². The summed E-state index contributed by atoms with van der Waals surface area (Å²) in [5.74, 6) is 0.238. The first kappa shape index (κ1) is 14.8. The molecule has 5 nitrogen and oxygen atoms in total. The molecule has 6 heteroatoms. The Morgan fingerprint density at radius 2 is 2.23 bits per heavy atom. The molecule has 0 radical (unpaired) electrons. The Bertz CT molecular complexity index is 684. The van der Waals surface area contributed by atoms with Crippen LogP contribution >= 0.6 is 15.9 Å². The molecule has 0 bridgehead atoms. The molecule has 1 aliphatic rings. The van der Waals surface area contributed by atoms with Gasteiger partial charge in [-0.05, 0) is 30.3 Å². The predicted molar refractivity (Wildman–Crippen MR) is 85.0 cm³/mol. The fraction of sp³-hybridized carbons (Fsp3) is 0.250. The van der Waals surface area contributed by atoms with Crippen LogP contribution in [-0.4, -0.2) is 23.3 Å². The van der Waals surface area contributed by atoms with E-state index < -0.39 is 0 Å².